The molecule has 2 heterocycles. The first kappa shape index (κ1) is 24.1. The van der Waals surface area contributed by atoms with Crippen LogP contribution in [-0.4, -0.2) is 56.9 Å². The van der Waals surface area contributed by atoms with Crippen molar-refractivity contribution in [2.24, 2.45) is 5.10 Å². The maximum Gasteiger partial charge on any atom is 0.222 e. The van der Waals surface area contributed by atoms with E-state index in [0.717, 1.165) is 11.1 Å². The molecule has 0 radical (unpaired) electrons. The van der Waals surface area contributed by atoms with Crippen molar-refractivity contribution in [1.82, 2.24) is 14.7 Å². The van der Waals surface area contributed by atoms with Crippen LogP contribution in [0, 0.1) is 6.92 Å². The van der Waals surface area contributed by atoms with E-state index in [9.17, 15) is 8.42 Å². The number of nitrogens with zero attached hydrogens (tertiary/aromatic N) is 4. The zero-order valence-electron chi connectivity index (χ0n) is 19.1. The van der Waals surface area contributed by atoms with E-state index in [-0.39, 0.29) is 11.9 Å². The number of aryl methyl sites for hydroxylation is 1. The van der Waals surface area contributed by atoms with Gasteiger partial charge < -0.3 is 9.64 Å². The lowest BCUT2D eigenvalue weighted by Crippen LogP contribution is -2.38. The fraction of sp³-hybridized carbons (Fsp3) is 0.500. The van der Waals surface area contributed by atoms with Crippen LogP contribution < -0.4 is 15.0 Å². The van der Waals surface area contributed by atoms with Gasteiger partial charge >= 0.3 is 0 Å². The Morgan fingerprint density at radius 3 is 2.62 bits per heavy atom. The van der Waals surface area contributed by atoms with Crippen LogP contribution in [-0.2, 0) is 14.8 Å². The molecule has 1 fully saturated rings. The molecule has 1 atom stereocenters. The number of sulfonamides is 1. The number of aromatic nitrogens is 2. The Hall–Kier alpha value is -2.56. The van der Waals surface area contributed by atoms with Crippen LogP contribution in [0.1, 0.15) is 49.4 Å². The molecule has 0 aliphatic carbocycles. The molecule has 3 rings (SSSR count). The number of nitrogens with one attached hydrogen (secondary N) is 2. The van der Waals surface area contributed by atoms with Crippen molar-refractivity contribution in [3.05, 3.63) is 47.3 Å². The predicted molar refractivity (Wildman–Crippen MR) is 128 cm³/mol. The second kappa shape index (κ2) is 10.8. The molecule has 1 unspecified atom stereocenters. The molecule has 10 heteroatoms. The van der Waals surface area contributed by atoms with Crippen molar-refractivity contribution < 1.29 is 13.2 Å². The van der Waals surface area contributed by atoms with Crippen LogP contribution in [0.2, 0.25) is 0 Å². The van der Waals surface area contributed by atoms with Crippen molar-refractivity contribution in [1.29, 1.82) is 0 Å². The minimum Gasteiger partial charge on any atom is -0.378 e. The largest absolute Gasteiger partial charge is 0.378 e. The second-order valence-electron chi connectivity index (χ2n) is 8.07. The van der Waals surface area contributed by atoms with E-state index in [1.165, 1.54) is 0 Å². The molecule has 0 spiro atoms. The zero-order valence-corrected chi connectivity index (χ0v) is 19.9. The Labute approximate surface area is 190 Å². The topological polar surface area (TPSA) is 109 Å². The molecular weight excluding hydrogens is 428 g/mol. The third-order valence-corrected chi connectivity index (χ3v) is 7.03. The van der Waals surface area contributed by atoms with Crippen LogP contribution in [0.3, 0.4) is 0 Å². The highest BCUT2D eigenvalue weighted by Gasteiger charge is 2.30. The van der Waals surface area contributed by atoms with Gasteiger partial charge in [0, 0.05) is 25.2 Å². The van der Waals surface area contributed by atoms with E-state index in [4.69, 9.17) is 4.74 Å². The highest BCUT2D eigenvalue weighted by Crippen LogP contribution is 2.27. The number of hydrogen-bond donors (Lipinski definition) is 2. The summed E-state index contributed by atoms with van der Waals surface area (Å²) in [5.74, 6) is 1.35. The highest BCUT2D eigenvalue weighted by atomic mass is 32.2. The molecule has 1 aromatic heterocycles. The van der Waals surface area contributed by atoms with Crippen LogP contribution in [0.4, 0.5) is 11.6 Å². The molecule has 0 saturated carbocycles. The summed E-state index contributed by atoms with van der Waals surface area (Å²) in [4.78, 5) is 11.2. The van der Waals surface area contributed by atoms with Crippen molar-refractivity contribution >= 4 is 27.9 Å². The molecule has 1 saturated heterocycles. The fourth-order valence-corrected chi connectivity index (χ4v) is 5.13. The van der Waals surface area contributed by atoms with Crippen LogP contribution in [0.15, 0.2) is 35.4 Å². The molecule has 1 aromatic carbocycles. The van der Waals surface area contributed by atoms with Gasteiger partial charge in [-0.3, -0.25) is 5.43 Å². The number of benzene rings is 1. The first-order chi connectivity index (χ1) is 15.3. The number of hydrogen-bond acceptors (Lipinski definition) is 8. The van der Waals surface area contributed by atoms with Crippen LogP contribution in [0.25, 0.3) is 0 Å². The van der Waals surface area contributed by atoms with Gasteiger partial charge in [-0.1, -0.05) is 36.8 Å². The Kier molecular flexibility index (Phi) is 8.16. The number of hydrazone groups is 1. The van der Waals surface area contributed by atoms with Gasteiger partial charge in [-0.2, -0.15) is 5.10 Å². The minimum atomic E-state index is -3.64. The van der Waals surface area contributed by atoms with Crippen LogP contribution >= 0.6 is 0 Å². The standard InChI is InChI=1S/C22H32N6O3S/c1-5-19(32(29,30)27-16(2)3)22-24-20(14-21(25-22)28-9-11-31-12-10-28)26-23-15-18-8-6-7-17(4)13-18/h6-8,13-16,19,27H,5,9-12H2,1-4H3,(H,24,25,26). The Morgan fingerprint density at radius 1 is 1.22 bits per heavy atom. The summed E-state index contributed by atoms with van der Waals surface area (Å²) in [5.41, 5.74) is 5.04. The lowest BCUT2D eigenvalue weighted by Gasteiger charge is -2.28. The van der Waals surface area contributed by atoms with Crippen molar-refractivity contribution in [2.45, 2.75) is 45.4 Å². The van der Waals surface area contributed by atoms with E-state index in [2.05, 4.69) is 30.1 Å². The number of anilines is 2. The summed E-state index contributed by atoms with van der Waals surface area (Å²) in [7, 11) is -3.64. The second-order valence-corrected chi connectivity index (χ2v) is 9.96. The molecule has 1 aliphatic rings. The molecule has 9 nitrogen and oxygen atoms in total. The minimum absolute atomic E-state index is 0.215. The predicted octanol–water partition coefficient (Wildman–Crippen LogP) is 2.85. The summed E-state index contributed by atoms with van der Waals surface area (Å²) in [6.45, 7) is 9.97. The van der Waals surface area contributed by atoms with Crippen molar-refractivity contribution in [2.75, 3.05) is 36.6 Å². The van der Waals surface area contributed by atoms with E-state index >= 15 is 0 Å². The van der Waals surface area contributed by atoms with Gasteiger partial charge in [0.2, 0.25) is 10.0 Å². The van der Waals surface area contributed by atoms with E-state index < -0.39 is 15.3 Å². The Balaban J connectivity index is 1.93. The maximum atomic E-state index is 12.9. The van der Waals surface area contributed by atoms with Gasteiger partial charge in [0.15, 0.2) is 11.6 Å². The summed E-state index contributed by atoms with van der Waals surface area (Å²) >= 11 is 0. The third kappa shape index (κ3) is 6.47. The zero-order chi connectivity index (χ0) is 23.1. The average molecular weight is 461 g/mol. The quantitative estimate of drug-likeness (QED) is 0.437. The lowest BCUT2D eigenvalue weighted by molar-refractivity contribution is 0.122. The molecular formula is C22H32N6O3S. The third-order valence-electron chi connectivity index (χ3n) is 4.93. The number of morpholine rings is 1. The van der Waals surface area contributed by atoms with E-state index in [1.807, 2.05) is 38.1 Å². The summed E-state index contributed by atoms with van der Waals surface area (Å²) < 4.78 is 34.0. The lowest BCUT2D eigenvalue weighted by atomic mass is 10.2. The van der Waals surface area contributed by atoms with E-state index in [1.54, 1.807) is 26.1 Å². The van der Waals surface area contributed by atoms with Gasteiger partial charge in [-0.05, 0) is 32.8 Å². The molecule has 32 heavy (non-hydrogen) atoms. The first-order valence-corrected chi connectivity index (χ1v) is 12.4. The molecule has 2 aromatic rings. The van der Waals surface area contributed by atoms with Gasteiger partial charge in [0.05, 0.1) is 19.4 Å². The van der Waals surface area contributed by atoms with E-state index in [0.29, 0.717) is 44.4 Å². The first-order valence-electron chi connectivity index (χ1n) is 10.9. The highest BCUT2D eigenvalue weighted by molar-refractivity contribution is 7.89. The van der Waals surface area contributed by atoms with Crippen molar-refractivity contribution in [3.8, 4) is 0 Å². The Bertz CT molecular complexity index is 1040. The maximum absolute atomic E-state index is 12.9. The summed E-state index contributed by atoms with van der Waals surface area (Å²) in [6, 6.07) is 9.54. The Morgan fingerprint density at radius 2 is 1.97 bits per heavy atom. The van der Waals surface area contributed by atoms with Gasteiger partial charge in [0.1, 0.15) is 11.1 Å². The number of ether oxygens (including phenoxy) is 1. The fourth-order valence-electron chi connectivity index (χ4n) is 3.48. The molecule has 2 N–H and O–H groups in total. The molecule has 174 valence electrons. The smallest absolute Gasteiger partial charge is 0.222 e. The molecule has 1 aliphatic heterocycles. The average Bonchev–Trinajstić information content (AvgIpc) is 2.74. The molecule has 0 bridgehead atoms. The normalized spacial score (nSPS) is 16.0. The number of rotatable bonds is 9. The SMILES string of the molecule is CCC(c1nc(NN=Cc2cccc(C)c2)cc(N2CCOCC2)n1)S(=O)(=O)NC(C)C. The summed E-state index contributed by atoms with van der Waals surface area (Å²) in [5, 5.41) is 3.43. The van der Waals surface area contributed by atoms with Crippen LogP contribution in [0.5, 0.6) is 0 Å². The van der Waals surface area contributed by atoms with Gasteiger partial charge in [0.25, 0.3) is 0 Å². The van der Waals surface area contributed by atoms with Gasteiger partial charge in [-0.25, -0.2) is 23.1 Å². The van der Waals surface area contributed by atoms with Crippen molar-refractivity contribution in [3.63, 3.8) is 0 Å². The monoisotopic (exact) mass is 460 g/mol. The van der Waals surface area contributed by atoms with Gasteiger partial charge in [-0.15, -0.1) is 0 Å². The summed E-state index contributed by atoms with van der Waals surface area (Å²) in [6.07, 6.45) is 2.05. The molecule has 0 amide bonds.